The third kappa shape index (κ3) is 4.54. The summed E-state index contributed by atoms with van der Waals surface area (Å²) in [4.78, 5) is 2.19. The van der Waals surface area contributed by atoms with Gasteiger partial charge < -0.3 is 14.7 Å². The van der Waals surface area contributed by atoms with Gasteiger partial charge in [0.25, 0.3) is 0 Å². The van der Waals surface area contributed by atoms with Crippen molar-refractivity contribution >= 4 is 10.0 Å². The highest BCUT2D eigenvalue weighted by Crippen LogP contribution is 2.37. The van der Waals surface area contributed by atoms with E-state index in [1.165, 1.54) is 4.31 Å². The zero-order chi connectivity index (χ0) is 22.1. The SMILES string of the molecule is Cc1ccccc1-c1ccc2c(c1)O[C@H](CN(C)C)[C@H](C)CN([C@H](C)CO)S2(=O)=O. The Kier molecular flexibility index (Phi) is 6.87. The zero-order valence-corrected chi connectivity index (χ0v) is 19.2. The van der Waals surface area contributed by atoms with Crippen LogP contribution in [-0.2, 0) is 10.0 Å². The highest BCUT2D eigenvalue weighted by Gasteiger charge is 2.38. The minimum atomic E-state index is -3.81. The number of likely N-dealkylation sites (N-methyl/N-ethyl adjacent to an activating group) is 1. The summed E-state index contributed by atoms with van der Waals surface area (Å²) in [5, 5.41) is 9.70. The second kappa shape index (κ2) is 9.06. The molecule has 0 aromatic heterocycles. The summed E-state index contributed by atoms with van der Waals surface area (Å²) in [7, 11) is 0.140. The van der Waals surface area contributed by atoms with E-state index in [1.807, 2.05) is 69.2 Å². The van der Waals surface area contributed by atoms with Gasteiger partial charge in [0.2, 0.25) is 10.0 Å². The first-order chi connectivity index (χ1) is 14.1. The Morgan fingerprint density at radius 3 is 2.57 bits per heavy atom. The van der Waals surface area contributed by atoms with Crippen LogP contribution in [0.1, 0.15) is 19.4 Å². The van der Waals surface area contributed by atoms with E-state index in [2.05, 4.69) is 0 Å². The van der Waals surface area contributed by atoms with E-state index in [0.29, 0.717) is 18.8 Å². The molecule has 3 atom stereocenters. The fourth-order valence-electron chi connectivity index (χ4n) is 3.87. The molecular formula is C23H32N2O4S. The number of fused-ring (bicyclic) bond motifs is 1. The Bertz CT molecular complexity index is 990. The number of rotatable bonds is 5. The number of aliphatic hydroxyl groups is 1. The highest BCUT2D eigenvalue weighted by molar-refractivity contribution is 7.89. The van der Waals surface area contributed by atoms with Crippen LogP contribution in [0.3, 0.4) is 0 Å². The molecule has 0 aliphatic carbocycles. The Morgan fingerprint density at radius 2 is 1.93 bits per heavy atom. The number of nitrogens with zero attached hydrogens (tertiary/aromatic N) is 2. The van der Waals surface area contributed by atoms with Crippen molar-refractivity contribution in [1.82, 2.24) is 9.21 Å². The fourth-order valence-corrected chi connectivity index (χ4v) is 5.69. The van der Waals surface area contributed by atoms with Crippen molar-refractivity contribution < 1.29 is 18.3 Å². The van der Waals surface area contributed by atoms with Crippen LogP contribution in [-0.4, -0.2) is 68.7 Å². The van der Waals surface area contributed by atoms with Crippen molar-refractivity contribution in [3.8, 4) is 16.9 Å². The third-order valence-corrected chi connectivity index (χ3v) is 7.69. The van der Waals surface area contributed by atoms with Crippen molar-refractivity contribution in [2.45, 2.75) is 37.8 Å². The number of benzene rings is 2. The lowest BCUT2D eigenvalue weighted by molar-refractivity contribution is 0.0813. The molecule has 1 aliphatic rings. The van der Waals surface area contributed by atoms with E-state index in [-0.39, 0.29) is 23.5 Å². The number of ether oxygens (including phenoxy) is 1. The molecule has 0 saturated carbocycles. The standard InChI is InChI=1S/C23H32N2O4S/c1-16-8-6-7-9-20(16)19-10-11-23-21(12-19)29-22(14-24(4)5)17(2)13-25(18(3)15-26)30(23,27)28/h6-12,17-18,22,26H,13-15H2,1-5H3/t17-,18-,22-/m1/s1. The zero-order valence-electron chi connectivity index (χ0n) is 18.4. The minimum Gasteiger partial charge on any atom is -0.487 e. The molecule has 2 aromatic rings. The molecule has 2 aromatic carbocycles. The summed E-state index contributed by atoms with van der Waals surface area (Å²) < 4.78 is 34.7. The molecule has 1 heterocycles. The summed E-state index contributed by atoms with van der Waals surface area (Å²) in [6, 6.07) is 12.8. The average Bonchev–Trinajstić information content (AvgIpc) is 2.69. The van der Waals surface area contributed by atoms with Gasteiger partial charge in [0.15, 0.2) is 0 Å². The molecule has 1 N–H and O–H groups in total. The van der Waals surface area contributed by atoms with Crippen molar-refractivity contribution in [2.24, 2.45) is 5.92 Å². The van der Waals surface area contributed by atoms with Crippen LogP contribution in [0.4, 0.5) is 0 Å². The molecule has 0 saturated heterocycles. The Balaban J connectivity index is 2.17. The molecule has 7 heteroatoms. The van der Waals surface area contributed by atoms with Crippen molar-refractivity contribution in [3.63, 3.8) is 0 Å². The Morgan fingerprint density at radius 1 is 1.23 bits per heavy atom. The highest BCUT2D eigenvalue weighted by atomic mass is 32.2. The van der Waals surface area contributed by atoms with Crippen molar-refractivity contribution in [2.75, 3.05) is 33.8 Å². The Hall–Kier alpha value is -1.93. The fraction of sp³-hybridized carbons (Fsp3) is 0.478. The van der Waals surface area contributed by atoms with Gasteiger partial charge >= 0.3 is 0 Å². The average molecular weight is 433 g/mol. The summed E-state index contributed by atoms with van der Waals surface area (Å²) in [6.45, 7) is 6.48. The maximum atomic E-state index is 13.5. The number of hydrogen-bond acceptors (Lipinski definition) is 5. The maximum absolute atomic E-state index is 13.5. The van der Waals surface area contributed by atoms with Gasteiger partial charge in [0, 0.05) is 25.0 Å². The summed E-state index contributed by atoms with van der Waals surface area (Å²) in [6.07, 6.45) is -0.185. The third-order valence-electron chi connectivity index (χ3n) is 5.67. The number of aryl methyl sites for hydroxylation is 1. The second-order valence-corrected chi connectivity index (χ2v) is 10.3. The van der Waals surface area contributed by atoms with Crippen molar-refractivity contribution in [3.05, 3.63) is 48.0 Å². The van der Waals surface area contributed by atoms with E-state index in [0.717, 1.165) is 16.7 Å². The van der Waals surface area contributed by atoms with E-state index in [9.17, 15) is 13.5 Å². The predicted octanol–water partition coefficient (Wildman–Crippen LogP) is 2.99. The van der Waals surface area contributed by atoms with Crippen LogP contribution < -0.4 is 4.74 Å². The molecule has 164 valence electrons. The summed E-state index contributed by atoms with van der Waals surface area (Å²) >= 11 is 0. The smallest absolute Gasteiger partial charge is 0.247 e. The lowest BCUT2D eigenvalue weighted by atomic mass is 10.00. The first kappa shape index (κ1) is 22.7. The molecule has 0 radical (unpaired) electrons. The van der Waals surface area contributed by atoms with Crippen molar-refractivity contribution in [1.29, 1.82) is 0 Å². The largest absolute Gasteiger partial charge is 0.487 e. The Labute approximate surface area is 180 Å². The molecule has 1 aliphatic heterocycles. The molecule has 30 heavy (non-hydrogen) atoms. The van der Waals surface area contributed by atoms with Gasteiger partial charge in [-0.05, 0) is 56.8 Å². The maximum Gasteiger partial charge on any atom is 0.247 e. The van der Waals surface area contributed by atoms with Crippen LogP contribution in [0.15, 0.2) is 47.4 Å². The van der Waals surface area contributed by atoms with Crippen LogP contribution >= 0.6 is 0 Å². The summed E-state index contributed by atoms with van der Waals surface area (Å²) in [5.41, 5.74) is 3.07. The molecular weight excluding hydrogens is 400 g/mol. The first-order valence-electron chi connectivity index (χ1n) is 10.3. The topological polar surface area (TPSA) is 70.1 Å². The lowest BCUT2D eigenvalue weighted by Crippen LogP contribution is -2.49. The molecule has 0 spiro atoms. The predicted molar refractivity (Wildman–Crippen MR) is 119 cm³/mol. The van der Waals surface area contributed by atoms with Gasteiger partial charge in [0.1, 0.15) is 16.7 Å². The molecule has 0 bridgehead atoms. The van der Waals surface area contributed by atoms with Gasteiger partial charge in [-0.25, -0.2) is 8.42 Å². The van der Waals surface area contributed by atoms with E-state index < -0.39 is 16.1 Å². The van der Waals surface area contributed by atoms with Crippen LogP contribution in [0.5, 0.6) is 5.75 Å². The van der Waals surface area contributed by atoms with Crippen LogP contribution in [0.2, 0.25) is 0 Å². The minimum absolute atomic E-state index is 0.0496. The quantitative estimate of drug-likeness (QED) is 0.787. The van der Waals surface area contributed by atoms with E-state index in [4.69, 9.17) is 4.74 Å². The van der Waals surface area contributed by atoms with Gasteiger partial charge in [-0.3, -0.25) is 0 Å². The second-order valence-electron chi connectivity index (χ2n) is 8.48. The molecule has 6 nitrogen and oxygen atoms in total. The van der Waals surface area contributed by atoms with Gasteiger partial charge in [-0.2, -0.15) is 4.31 Å². The molecule has 0 amide bonds. The molecule has 0 fully saturated rings. The van der Waals surface area contributed by atoms with Crippen LogP contribution in [0, 0.1) is 12.8 Å². The van der Waals surface area contributed by atoms with Gasteiger partial charge in [0.05, 0.1) is 6.61 Å². The van der Waals surface area contributed by atoms with E-state index >= 15 is 0 Å². The number of sulfonamides is 1. The molecule has 3 rings (SSSR count). The lowest BCUT2D eigenvalue weighted by Gasteiger charge is -2.37. The monoisotopic (exact) mass is 432 g/mol. The normalized spacial score (nSPS) is 22.6. The van der Waals surface area contributed by atoms with Gasteiger partial charge in [-0.15, -0.1) is 0 Å². The van der Waals surface area contributed by atoms with Gasteiger partial charge in [-0.1, -0.05) is 37.3 Å². The summed E-state index contributed by atoms with van der Waals surface area (Å²) in [5.74, 6) is 0.315. The van der Waals surface area contributed by atoms with Crippen LogP contribution in [0.25, 0.3) is 11.1 Å². The first-order valence-corrected chi connectivity index (χ1v) is 11.7. The molecule has 0 unspecified atom stereocenters. The van der Waals surface area contributed by atoms with E-state index in [1.54, 1.807) is 13.0 Å². The number of hydrogen-bond donors (Lipinski definition) is 1. The number of aliphatic hydroxyl groups excluding tert-OH is 1.